The normalized spacial score (nSPS) is 20.6. The van der Waals surface area contributed by atoms with Crippen LogP contribution in [0.5, 0.6) is 0 Å². The van der Waals surface area contributed by atoms with Crippen molar-refractivity contribution in [3.05, 3.63) is 53.4 Å². The predicted octanol–water partition coefficient (Wildman–Crippen LogP) is 4.15. The zero-order valence-electron chi connectivity index (χ0n) is 16.8. The fourth-order valence-electron chi connectivity index (χ4n) is 4.59. The molecule has 0 radical (unpaired) electrons. The van der Waals surface area contributed by atoms with Gasteiger partial charge in [-0.2, -0.15) is 0 Å². The number of piperidine rings is 2. The number of benzene rings is 1. The summed E-state index contributed by atoms with van der Waals surface area (Å²) in [6.45, 7) is 2.78. The molecule has 6 nitrogen and oxygen atoms in total. The van der Waals surface area contributed by atoms with E-state index in [1.165, 1.54) is 11.0 Å². The molecule has 1 aromatic carbocycles. The highest BCUT2D eigenvalue weighted by molar-refractivity contribution is 7.18. The highest BCUT2D eigenvalue weighted by atomic mass is 32.1. The minimum atomic E-state index is -0.0835. The monoisotopic (exact) mass is 423 g/mol. The third kappa shape index (κ3) is 3.74. The Hall–Kier alpha value is -2.67. The maximum Gasteiger partial charge on any atom is 0.289 e. The summed E-state index contributed by atoms with van der Waals surface area (Å²) in [5.74, 6) is 0.848. The number of hydrogen-bond acceptors (Lipinski definition) is 5. The van der Waals surface area contributed by atoms with E-state index in [0.717, 1.165) is 36.5 Å². The predicted molar refractivity (Wildman–Crippen MR) is 116 cm³/mol. The van der Waals surface area contributed by atoms with Gasteiger partial charge in [0.2, 0.25) is 5.91 Å². The SMILES string of the molecule is O=C(c1ccco1)N1CCC(C(=O)N2CCC[C@H](c3nc4ccccc4s3)C2)CC1. The number of furan rings is 1. The third-order valence-electron chi connectivity index (χ3n) is 6.26. The Balaban J connectivity index is 1.20. The first kappa shape index (κ1) is 19.3. The summed E-state index contributed by atoms with van der Waals surface area (Å²) in [5, 5.41) is 1.15. The zero-order chi connectivity index (χ0) is 20.5. The number of nitrogens with zero attached hydrogens (tertiary/aromatic N) is 3. The smallest absolute Gasteiger partial charge is 0.289 e. The number of fused-ring (bicyclic) bond motifs is 1. The Morgan fingerprint density at radius 1 is 1.00 bits per heavy atom. The Morgan fingerprint density at radius 3 is 2.60 bits per heavy atom. The number of carbonyl (C=O) groups is 2. The van der Waals surface area contributed by atoms with E-state index in [0.29, 0.717) is 37.6 Å². The summed E-state index contributed by atoms with van der Waals surface area (Å²) in [5.41, 5.74) is 1.05. The molecular weight excluding hydrogens is 398 g/mol. The molecule has 30 heavy (non-hydrogen) atoms. The molecule has 2 saturated heterocycles. The van der Waals surface area contributed by atoms with Crippen LogP contribution in [0.25, 0.3) is 10.2 Å². The lowest BCUT2D eigenvalue weighted by atomic mass is 9.92. The summed E-state index contributed by atoms with van der Waals surface area (Å²) in [4.78, 5) is 34.3. The van der Waals surface area contributed by atoms with E-state index in [-0.39, 0.29) is 17.7 Å². The molecule has 2 fully saturated rings. The summed E-state index contributed by atoms with van der Waals surface area (Å²) in [6.07, 6.45) is 5.05. The van der Waals surface area contributed by atoms with Gasteiger partial charge in [0.1, 0.15) is 0 Å². The van der Waals surface area contributed by atoms with E-state index >= 15 is 0 Å². The van der Waals surface area contributed by atoms with Crippen LogP contribution in [0.3, 0.4) is 0 Å². The lowest BCUT2D eigenvalue weighted by Gasteiger charge is -2.37. The Labute approximate surface area is 179 Å². The zero-order valence-corrected chi connectivity index (χ0v) is 17.6. The van der Waals surface area contributed by atoms with Crippen molar-refractivity contribution in [1.82, 2.24) is 14.8 Å². The van der Waals surface area contributed by atoms with Crippen LogP contribution in [0.15, 0.2) is 47.1 Å². The van der Waals surface area contributed by atoms with Crippen molar-refractivity contribution in [2.24, 2.45) is 5.92 Å². The largest absolute Gasteiger partial charge is 0.459 e. The van der Waals surface area contributed by atoms with Crippen molar-refractivity contribution < 1.29 is 14.0 Å². The lowest BCUT2D eigenvalue weighted by Crippen LogP contribution is -2.46. The molecule has 0 saturated carbocycles. The van der Waals surface area contributed by atoms with Crippen LogP contribution in [0, 0.1) is 5.92 Å². The number of rotatable bonds is 3. The van der Waals surface area contributed by atoms with Gasteiger partial charge in [-0.1, -0.05) is 12.1 Å². The van der Waals surface area contributed by atoms with Gasteiger partial charge < -0.3 is 14.2 Å². The lowest BCUT2D eigenvalue weighted by molar-refractivity contribution is -0.138. The second-order valence-corrected chi connectivity index (χ2v) is 9.25. The summed E-state index contributed by atoms with van der Waals surface area (Å²) in [6, 6.07) is 11.6. The fraction of sp³-hybridized carbons (Fsp3) is 0.435. The first-order valence-corrected chi connectivity index (χ1v) is 11.5. The number of amides is 2. The second-order valence-electron chi connectivity index (χ2n) is 8.19. The summed E-state index contributed by atoms with van der Waals surface area (Å²) in [7, 11) is 0. The maximum atomic E-state index is 13.2. The average molecular weight is 424 g/mol. The minimum absolute atomic E-state index is 0.000215. The Kier molecular flexibility index (Phi) is 5.29. The average Bonchev–Trinajstić information content (AvgIpc) is 3.48. The Morgan fingerprint density at radius 2 is 1.83 bits per heavy atom. The van der Waals surface area contributed by atoms with Crippen molar-refractivity contribution in [2.45, 2.75) is 31.6 Å². The number of likely N-dealkylation sites (tertiary alicyclic amines) is 2. The molecular formula is C23H25N3O3S. The van der Waals surface area contributed by atoms with Gasteiger partial charge in [0.05, 0.1) is 21.5 Å². The van der Waals surface area contributed by atoms with Gasteiger partial charge in [0.15, 0.2) is 5.76 Å². The van der Waals surface area contributed by atoms with Crippen LogP contribution in [0.4, 0.5) is 0 Å². The summed E-state index contributed by atoms with van der Waals surface area (Å²) < 4.78 is 6.43. The van der Waals surface area contributed by atoms with Crippen LogP contribution in [0.1, 0.15) is 47.2 Å². The number of para-hydroxylation sites is 1. The molecule has 4 heterocycles. The highest BCUT2D eigenvalue weighted by Gasteiger charge is 2.34. The topological polar surface area (TPSA) is 66.7 Å². The van der Waals surface area contributed by atoms with E-state index in [1.54, 1.807) is 28.4 Å². The van der Waals surface area contributed by atoms with Crippen LogP contribution in [-0.4, -0.2) is 52.8 Å². The number of hydrogen-bond donors (Lipinski definition) is 0. The van der Waals surface area contributed by atoms with E-state index in [1.807, 2.05) is 17.0 Å². The molecule has 2 aromatic heterocycles. The van der Waals surface area contributed by atoms with Crippen molar-refractivity contribution in [3.8, 4) is 0 Å². The van der Waals surface area contributed by atoms with Crippen LogP contribution in [-0.2, 0) is 4.79 Å². The van der Waals surface area contributed by atoms with E-state index in [2.05, 4.69) is 12.1 Å². The van der Waals surface area contributed by atoms with Gasteiger partial charge in [-0.3, -0.25) is 9.59 Å². The van der Waals surface area contributed by atoms with Crippen molar-refractivity contribution in [3.63, 3.8) is 0 Å². The van der Waals surface area contributed by atoms with Crippen LogP contribution >= 0.6 is 11.3 Å². The standard InChI is InChI=1S/C23H25N3O3S/c27-22(16-9-12-25(13-10-16)23(28)19-7-4-14-29-19)26-11-3-5-17(15-26)21-24-18-6-1-2-8-20(18)30-21/h1-2,4,6-8,14,16-17H,3,5,9-13,15H2/t17-/m0/s1. The molecule has 0 spiro atoms. The molecule has 156 valence electrons. The van der Waals surface area contributed by atoms with Crippen molar-refractivity contribution in [2.75, 3.05) is 26.2 Å². The fourth-order valence-corrected chi connectivity index (χ4v) is 5.68. The quantitative estimate of drug-likeness (QED) is 0.635. The van der Waals surface area contributed by atoms with Crippen molar-refractivity contribution >= 4 is 33.4 Å². The second kappa shape index (κ2) is 8.22. The summed E-state index contributed by atoms with van der Waals surface area (Å²) >= 11 is 1.75. The number of aromatic nitrogens is 1. The molecule has 0 aliphatic carbocycles. The molecule has 5 rings (SSSR count). The number of carbonyl (C=O) groups excluding carboxylic acids is 2. The Bertz CT molecular complexity index is 1000. The number of thiazole rings is 1. The third-order valence-corrected chi connectivity index (χ3v) is 7.45. The van der Waals surface area contributed by atoms with Gasteiger partial charge in [-0.25, -0.2) is 4.98 Å². The molecule has 1 atom stereocenters. The maximum absolute atomic E-state index is 13.2. The molecule has 0 N–H and O–H groups in total. The van der Waals surface area contributed by atoms with E-state index < -0.39 is 0 Å². The van der Waals surface area contributed by atoms with Gasteiger partial charge in [-0.15, -0.1) is 11.3 Å². The molecule has 3 aromatic rings. The van der Waals surface area contributed by atoms with Gasteiger partial charge in [-0.05, 0) is 49.9 Å². The first-order valence-electron chi connectivity index (χ1n) is 10.7. The van der Waals surface area contributed by atoms with Crippen LogP contribution in [0.2, 0.25) is 0 Å². The van der Waals surface area contributed by atoms with E-state index in [4.69, 9.17) is 9.40 Å². The van der Waals surface area contributed by atoms with Gasteiger partial charge in [0, 0.05) is 38.0 Å². The minimum Gasteiger partial charge on any atom is -0.459 e. The molecule has 2 aliphatic rings. The van der Waals surface area contributed by atoms with Gasteiger partial charge in [0.25, 0.3) is 5.91 Å². The first-order chi connectivity index (χ1) is 14.7. The molecule has 2 amide bonds. The van der Waals surface area contributed by atoms with Crippen molar-refractivity contribution in [1.29, 1.82) is 0 Å². The molecule has 0 unspecified atom stereocenters. The van der Waals surface area contributed by atoms with Crippen LogP contribution < -0.4 is 0 Å². The highest BCUT2D eigenvalue weighted by Crippen LogP contribution is 2.34. The molecule has 7 heteroatoms. The van der Waals surface area contributed by atoms with E-state index in [9.17, 15) is 9.59 Å². The molecule has 0 bridgehead atoms. The molecule has 2 aliphatic heterocycles. The van der Waals surface area contributed by atoms with Gasteiger partial charge >= 0.3 is 0 Å².